The molecule has 3 aliphatic rings. The molecule has 0 spiro atoms. The molecule has 1 unspecified atom stereocenters. The van der Waals surface area contributed by atoms with Crippen molar-refractivity contribution in [2.75, 3.05) is 24.6 Å². The molecule has 43 heavy (non-hydrogen) atoms. The highest BCUT2D eigenvalue weighted by Gasteiger charge is 2.33. The molecule has 5 heterocycles. The standard InChI is InChI=1S/C34H35N5O4/c1-22-7-4-5-16-42-34(3)12-14-38(15-13-34)33-27(19-32(40)41)23(2)36-31-20-29(37-39(31)33)26-9-6-8-25(18-26)28-17-24(21-35)10-11-30(28)43-22/h4-6,8-11,17-18,20,22H,7,12-16,19H2,1-3H3,(H,40,41)/b5-4-. The number of aromatic nitrogens is 3. The molecule has 1 N–H and O–H groups in total. The van der Waals surface area contributed by atoms with Crippen LogP contribution in [0, 0.1) is 18.3 Å². The maximum Gasteiger partial charge on any atom is 0.308 e. The lowest BCUT2D eigenvalue weighted by atomic mass is 9.93. The zero-order chi connectivity index (χ0) is 30.1. The summed E-state index contributed by atoms with van der Waals surface area (Å²) in [5.74, 6) is 0.569. The van der Waals surface area contributed by atoms with Crippen LogP contribution in [0.4, 0.5) is 5.82 Å². The molecule has 0 radical (unpaired) electrons. The van der Waals surface area contributed by atoms with Crippen molar-refractivity contribution in [2.24, 2.45) is 0 Å². The van der Waals surface area contributed by atoms with E-state index in [1.54, 1.807) is 10.6 Å². The molecule has 2 aromatic heterocycles. The van der Waals surface area contributed by atoms with Gasteiger partial charge in [-0.25, -0.2) is 4.98 Å². The average molecular weight is 578 g/mol. The van der Waals surface area contributed by atoms with Crippen molar-refractivity contribution >= 4 is 17.4 Å². The van der Waals surface area contributed by atoms with Gasteiger partial charge in [-0.05, 0) is 63.4 Å². The Labute approximate surface area is 251 Å². The van der Waals surface area contributed by atoms with Gasteiger partial charge in [0, 0.05) is 48.0 Å². The fourth-order valence-corrected chi connectivity index (χ4v) is 5.94. The van der Waals surface area contributed by atoms with Crippen LogP contribution in [0.5, 0.6) is 5.75 Å². The second kappa shape index (κ2) is 11.5. The monoisotopic (exact) mass is 577 g/mol. The van der Waals surface area contributed by atoms with E-state index >= 15 is 0 Å². The molecule has 4 aromatic rings. The molecule has 3 aliphatic heterocycles. The van der Waals surface area contributed by atoms with E-state index < -0.39 is 5.97 Å². The van der Waals surface area contributed by atoms with Gasteiger partial charge >= 0.3 is 5.97 Å². The van der Waals surface area contributed by atoms with Crippen molar-refractivity contribution in [1.29, 1.82) is 5.26 Å². The molecule has 220 valence electrons. The Kier molecular flexibility index (Phi) is 7.63. The highest BCUT2D eigenvalue weighted by atomic mass is 16.5. The van der Waals surface area contributed by atoms with Gasteiger partial charge in [0.1, 0.15) is 11.6 Å². The predicted octanol–water partition coefficient (Wildman–Crippen LogP) is 5.97. The molecule has 9 heteroatoms. The normalized spacial score (nSPS) is 21.2. The molecule has 0 amide bonds. The van der Waals surface area contributed by atoms with E-state index in [4.69, 9.17) is 19.6 Å². The van der Waals surface area contributed by atoms with Crippen molar-refractivity contribution in [3.63, 3.8) is 0 Å². The largest absolute Gasteiger partial charge is 0.490 e. The number of anilines is 1. The summed E-state index contributed by atoms with van der Waals surface area (Å²) in [6, 6.07) is 17.7. The number of aryl methyl sites for hydroxylation is 1. The third-order valence-corrected chi connectivity index (χ3v) is 8.40. The number of hydrogen-bond acceptors (Lipinski definition) is 7. The molecule has 6 bridgehead atoms. The summed E-state index contributed by atoms with van der Waals surface area (Å²) in [5, 5.41) is 24.4. The first-order valence-corrected chi connectivity index (χ1v) is 14.7. The van der Waals surface area contributed by atoms with Crippen molar-refractivity contribution in [2.45, 2.75) is 58.2 Å². The van der Waals surface area contributed by atoms with Crippen molar-refractivity contribution in [1.82, 2.24) is 14.6 Å². The highest BCUT2D eigenvalue weighted by Crippen LogP contribution is 2.36. The second-order valence-electron chi connectivity index (χ2n) is 11.7. The first-order chi connectivity index (χ1) is 20.7. The number of fused-ring (bicyclic) bond motifs is 7. The fraction of sp³-hybridized carbons (Fsp3) is 0.353. The van der Waals surface area contributed by atoms with Crippen LogP contribution in [0.2, 0.25) is 0 Å². The Morgan fingerprint density at radius 1 is 1.14 bits per heavy atom. The van der Waals surface area contributed by atoms with Gasteiger partial charge in [0.25, 0.3) is 0 Å². The van der Waals surface area contributed by atoms with E-state index in [0.717, 1.165) is 41.0 Å². The second-order valence-corrected chi connectivity index (χ2v) is 11.7. The van der Waals surface area contributed by atoms with Crippen LogP contribution < -0.4 is 9.64 Å². The van der Waals surface area contributed by atoms with Crippen LogP contribution in [0.3, 0.4) is 0 Å². The first kappa shape index (κ1) is 28.4. The van der Waals surface area contributed by atoms with E-state index in [-0.39, 0.29) is 18.1 Å². The Morgan fingerprint density at radius 2 is 1.93 bits per heavy atom. The van der Waals surface area contributed by atoms with Crippen LogP contribution in [-0.4, -0.2) is 57.1 Å². The van der Waals surface area contributed by atoms with Gasteiger partial charge in [-0.1, -0.05) is 30.4 Å². The molecular formula is C34H35N5O4. The van der Waals surface area contributed by atoms with Gasteiger partial charge in [-0.2, -0.15) is 14.9 Å². The SMILES string of the molecule is Cc1nc2cc3nn2c(c1CC(=O)O)N1CCC(C)(CC1)OC/C=C\CC(C)Oc1ccc(C#N)cc1-c1cccc-3c1. The van der Waals surface area contributed by atoms with Crippen molar-refractivity contribution in [3.8, 4) is 34.2 Å². The number of aliphatic carboxylic acids is 1. The smallest absolute Gasteiger partial charge is 0.308 e. The summed E-state index contributed by atoms with van der Waals surface area (Å²) in [5.41, 5.74) is 5.60. The Balaban J connectivity index is 1.52. The van der Waals surface area contributed by atoms with Crippen LogP contribution in [0.25, 0.3) is 28.0 Å². The third kappa shape index (κ3) is 5.84. The minimum atomic E-state index is -0.907. The third-order valence-electron chi connectivity index (χ3n) is 8.40. The van der Waals surface area contributed by atoms with Crippen LogP contribution in [-0.2, 0) is 16.0 Å². The zero-order valence-corrected chi connectivity index (χ0v) is 24.7. The topological polar surface area (TPSA) is 113 Å². The van der Waals surface area contributed by atoms with Gasteiger partial charge in [0.15, 0.2) is 5.65 Å². The summed E-state index contributed by atoms with van der Waals surface area (Å²) >= 11 is 0. The number of nitriles is 1. The summed E-state index contributed by atoms with van der Waals surface area (Å²) in [6.07, 6.45) is 6.23. The lowest BCUT2D eigenvalue weighted by Gasteiger charge is -2.40. The van der Waals surface area contributed by atoms with E-state index in [9.17, 15) is 15.2 Å². The number of carboxylic acids is 1. The van der Waals surface area contributed by atoms with E-state index in [0.29, 0.717) is 54.3 Å². The van der Waals surface area contributed by atoms with Gasteiger partial charge in [0.2, 0.25) is 0 Å². The zero-order valence-electron chi connectivity index (χ0n) is 24.7. The molecule has 1 fully saturated rings. The first-order valence-electron chi connectivity index (χ1n) is 14.7. The predicted molar refractivity (Wildman–Crippen MR) is 164 cm³/mol. The van der Waals surface area contributed by atoms with E-state index in [2.05, 4.69) is 24.0 Å². The molecule has 9 nitrogen and oxygen atoms in total. The lowest BCUT2D eigenvalue weighted by molar-refractivity contribution is -0.136. The van der Waals surface area contributed by atoms with Gasteiger partial charge in [-0.15, -0.1) is 0 Å². The van der Waals surface area contributed by atoms with Gasteiger partial charge in [0.05, 0.1) is 42.1 Å². The number of carbonyl (C=O) groups is 1. The lowest BCUT2D eigenvalue weighted by Crippen LogP contribution is -2.45. The average Bonchev–Trinajstić information content (AvgIpc) is 3.41. The minimum Gasteiger partial charge on any atom is -0.490 e. The Hall–Kier alpha value is -4.68. The molecular weight excluding hydrogens is 542 g/mol. The Morgan fingerprint density at radius 3 is 2.70 bits per heavy atom. The Bertz CT molecular complexity index is 1760. The summed E-state index contributed by atoms with van der Waals surface area (Å²) < 4.78 is 14.5. The molecule has 0 aliphatic carbocycles. The number of ether oxygens (including phenoxy) is 2. The van der Waals surface area contributed by atoms with Crippen LogP contribution in [0.1, 0.15) is 49.9 Å². The maximum atomic E-state index is 11.9. The van der Waals surface area contributed by atoms with E-state index in [1.807, 2.05) is 62.4 Å². The van der Waals surface area contributed by atoms with E-state index in [1.165, 1.54) is 0 Å². The highest BCUT2D eigenvalue weighted by molar-refractivity contribution is 5.78. The number of benzene rings is 2. The maximum absolute atomic E-state index is 11.9. The number of rotatable bonds is 2. The molecule has 0 saturated carbocycles. The van der Waals surface area contributed by atoms with Crippen molar-refractivity contribution in [3.05, 3.63) is 77.5 Å². The molecule has 1 saturated heterocycles. The summed E-state index contributed by atoms with van der Waals surface area (Å²) in [4.78, 5) is 18.9. The number of hydrogen-bond donors (Lipinski definition) is 1. The van der Waals surface area contributed by atoms with Crippen molar-refractivity contribution < 1.29 is 19.4 Å². The van der Waals surface area contributed by atoms with Gasteiger partial charge < -0.3 is 19.5 Å². The molecule has 2 aromatic carbocycles. The molecule has 7 rings (SSSR count). The summed E-state index contributed by atoms with van der Waals surface area (Å²) in [7, 11) is 0. The summed E-state index contributed by atoms with van der Waals surface area (Å²) in [6.45, 7) is 7.97. The minimum absolute atomic E-state index is 0.0817. The number of piperidine rings is 1. The van der Waals surface area contributed by atoms with Gasteiger partial charge in [-0.3, -0.25) is 4.79 Å². The molecule has 1 atom stereocenters. The van der Waals surface area contributed by atoms with Crippen LogP contribution >= 0.6 is 0 Å². The number of carboxylic acid groups (broad SMARTS) is 1. The fourth-order valence-electron chi connectivity index (χ4n) is 5.94. The quantitative estimate of drug-likeness (QED) is 0.290. The number of nitrogens with zero attached hydrogens (tertiary/aromatic N) is 5. The van der Waals surface area contributed by atoms with Crippen LogP contribution in [0.15, 0.2) is 60.7 Å².